The third kappa shape index (κ3) is 2.67. The van der Waals surface area contributed by atoms with Gasteiger partial charge in [0, 0.05) is 11.3 Å². The van der Waals surface area contributed by atoms with Crippen LogP contribution in [0.4, 0.5) is 0 Å². The van der Waals surface area contributed by atoms with Crippen molar-refractivity contribution in [2.45, 2.75) is 66.1 Å². The summed E-state index contributed by atoms with van der Waals surface area (Å²) in [5.74, 6) is 5.85. The number of rotatable bonds is 0. The van der Waals surface area contributed by atoms with Gasteiger partial charge in [0.2, 0.25) is 0 Å². The molecule has 0 amide bonds. The summed E-state index contributed by atoms with van der Waals surface area (Å²) in [4.78, 5) is 0. The fourth-order valence-corrected chi connectivity index (χ4v) is 2.91. The predicted octanol–water partition coefficient (Wildman–Crippen LogP) is 2.58. The summed E-state index contributed by atoms with van der Waals surface area (Å²) in [5, 5.41) is 20.3. The molecule has 0 heterocycles. The van der Waals surface area contributed by atoms with E-state index in [1.807, 2.05) is 0 Å². The molecule has 1 rings (SSSR count). The summed E-state index contributed by atoms with van der Waals surface area (Å²) in [6.45, 7) is 12.2. The first-order valence-corrected chi connectivity index (χ1v) is 6.44. The number of aliphatic hydroxyl groups is 2. The summed E-state index contributed by atoms with van der Waals surface area (Å²) in [5.41, 5.74) is -1.19. The van der Waals surface area contributed by atoms with Gasteiger partial charge in [-0.2, -0.15) is 0 Å². The van der Waals surface area contributed by atoms with Gasteiger partial charge in [-0.05, 0) is 25.2 Å². The molecule has 0 bridgehead atoms. The van der Waals surface area contributed by atoms with Crippen LogP contribution in [0.3, 0.4) is 0 Å². The molecule has 0 radical (unpaired) electrons. The first kappa shape index (κ1) is 14.5. The van der Waals surface area contributed by atoms with Gasteiger partial charge in [-0.15, -0.1) is 0 Å². The maximum Gasteiger partial charge on any atom is 0.133 e. The van der Waals surface area contributed by atoms with Gasteiger partial charge in [0.25, 0.3) is 0 Å². The Morgan fingerprint density at radius 1 is 1.29 bits per heavy atom. The van der Waals surface area contributed by atoms with Crippen LogP contribution >= 0.6 is 0 Å². The highest BCUT2D eigenvalue weighted by molar-refractivity contribution is 5.26. The Kier molecular flexibility index (Phi) is 3.68. The van der Waals surface area contributed by atoms with Crippen LogP contribution in [-0.4, -0.2) is 21.9 Å². The zero-order valence-corrected chi connectivity index (χ0v) is 12.0. The Morgan fingerprint density at radius 3 is 2.24 bits per heavy atom. The van der Waals surface area contributed by atoms with Crippen LogP contribution in [0.25, 0.3) is 0 Å². The minimum atomic E-state index is -0.998. The Hall–Kier alpha value is -0.520. The minimum absolute atomic E-state index is 0.0237. The molecule has 2 N–H and O–H groups in total. The van der Waals surface area contributed by atoms with Crippen molar-refractivity contribution in [3.05, 3.63) is 0 Å². The topological polar surface area (TPSA) is 40.5 Å². The number of hydrogen-bond donors (Lipinski definition) is 2. The van der Waals surface area contributed by atoms with Crippen LogP contribution in [-0.2, 0) is 0 Å². The number of aliphatic hydroxyl groups excluding tert-OH is 1. The van der Waals surface area contributed by atoms with Crippen molar-refractivity contribution in [3.8, 4) is 11.8 Å². The summed E-state index contributed by atoms with van der Waals surface area (Å²) in [6, 6.07) is 0. The molecule has 0 saturated heterocycles. The second-order valence-corrected chi connectivity index (χ2v) is 7.05. The number of hydrogen-bond acceptors (Lipinski definition) is 2. The zero-order chi connectivity index (χ0) is 13.5. The van der Waals surface area contributed by atoms with Gasteiger partial charge in [-0.25, -0.2) is 0 Å². The molecule has 3 atom stereocenters. The van der Waals surface area contributed by atoms with E-state index in [9.17, 15) is 10.2 Å². The normalized spacial score (nSPS) is 34.0. The molecule has 1 saturated carbocycles. The quantitative estimate of drug-likeness (QED) is 0.637. The van der Waals surface area contributed by atoms with Gasteiger partial charge in [0.05, 0.1) is 0 Å². The molecule has 0 aromatic rings. The monoisotopic (exact) mass is 238 g/mol. The smallest absolute Gasteiger partial charge is 0.133 e. The summed E-state index contributed by atoms with van der Waals surface area (Å²) >= 11 is 0. The van der Waals surface area contributed by atoms with Crippen molar-refractivity contribution < 1.29 is 10.2 Å². The molecule has 0 spiro atoms. The van der Waals surface area contributed by atoms with E-state index in [2.05, 4.69) is 46.5 Å². The molecule has 0 aliphatic heterocycles. The van der Waals surface area contributed by atoms with E-state index in [0.29, 0.717) is 0 Å². The lowest BCUT2D eigenvalue weighted by Gasteiger charge is -2.42. The van der Waals surface area contributed by atoms with E-state index in [4.69, 9.17) is 0 Å². The van der Waals surface area contributed by atoms with Crippen molar-refractivity contribution >= 4 is 0 Å². The first-order chi connectivity index (χ1) is 7.51. The third-order valence-corrected chi connectivity index (χ3v) is 4.11. The lowest BCUT2D eigenvalue weighted by atomic mass is 9.66. The molecule has 0 aromatic heterocycles. The lowest BCUT2D eigenvalue weighted by Crippen LogP contribution is -2.48. The van der Waals surface area contributed by atoms with Crippen LogP contribution in [0.1, 0.15) is 54.4 Å². The van der Waals surface area contributed by atoms with E-state index in [1.54, 1.807) is 6.92 Å². The molecule has 1 fully saturated rings. The van der Waals surface area contributed by atoms with Gasteiger partial charge in [-0.3, -0.25) is 0 Å². The Bertz CT molecular complexity index is 338. The van der Waals surface area contributed by atoms with Gasteiger partial charge in [-0.1, -0.05) is 46.5 Å². The average molecular weight is 238 g/mol. The van der Waals surface area contributed by atoms with Crippen LogP contribution in [0.15, 0.2) is 0 Å². The SMILES string of the molecule is CC(O)C#CC1(O)C(C(C)(C)C)CCC1(C)C. The molecule has 1 aliphatic rings. The maximum absolute atomic E-state index is 11.0. The summed E-state index contributed by atoms with van der Waals surface area (Å²) in [7, 11) is 0. The second-order valence-electron chi connectivity index (χ2n) is 7.05. The zero-order valence-electron chi connectivity index (χ0n) is 12.0. The van der Waals surface area contributed by atoms with E-state index >= 15 is 0 Å². The lowest BCUT2D eigenvalue weighted by molar-refractivity contribution is -0.0551. The van der Waals surface area contributed by atoms with Gasteiger partial charge in [0.1, 0.15) is 11.7 Å². The highest BCUT2D eigenvalue weighted by atomic mass is 16.3. The predicted molar refractivity (Wildman–Crippen MR) is 70.4 cm³/mol. The average Bonchev–Trinajstić information content (AvgIpc) is 2.34. The highest BCUT2D eigenvalue weighted by Crippen LogP contribution is 2.55. The largest absolute Gasteiger partial charge is 0.381 e. The van der Waals surface area contributed by atoms with Crippen molar-refractivity contribution in [2.24, 2.45) is 16.7 Å². The van der Waals surface area contributed by atoms with Crippen LogP contribution < -0.4 is 0 Å². The van der Waals surface area contributed by atoms with E-state index < -0.39 is 11.7 Å². The second kappa shape index (κ2) is 4.30. The molecule has 3 unspecified atom stereocenters. The molecular weight excluding hydrogens is 212 g/mol. The molecule has 2 nitrogen and oxygen atoms in total. The van der Waals surface area contributed by atoms with E-state index in [-0.39, 0.29) is 16.7 Å². The van der Waals surface area contributed by atoms with E-state index in [0.717, 1.165) is 12.8 Å². The Balaban J connectivity index is 3.17. The maximum atomic E-state index is 11.0. The standard InChI is InChI=1S/C15H26O2/c1-11(16)7-10-15(17)12(13(2,3)4)8-9-14(15,5)6/h11-12,16-17H,8-9H2,1-6H3. The third-order valence-electron chi connectivity index (χ3n) is 4.11. The minimum Gasteiger partial charge on any atom is -0.381 e. The first-order valence-electron chi connectivity index (χ1n) is 6.44. The molecule has 1 aliphatic carbocycles. The fourth-order valence-electron chi connectivity index (χ4n) is 2.91. The highest BCUT2D eigenvalue weighted by Gasteiger charge is 2.56. The van der Waals surface area contributed by atoms with Crippen molar-refractivity contribution in [1.82, 2.24) is 0 Å². The van der Waals surface area contributed by atoms with E-state index in [1.165, 1.54) is 0 Å². The molecule has 17 heavy (non-hydrogen) atoms. The van der Waals surface area contributed by atoms with Crippen molar-refractivity contribution in [2.75, 3.05) is 0 Å². The van der Waals surface area contributed by atoms with Crippen LogP contribution in [0.2, 0.25) is 0 Å². The summed E-state index contributed by atoms with van der Waals surface area (Å²) < 4.78 is 0. The molecule has 0 aromatic carbocycles. The Morgan fingerprint density at radius 2 is 1.82 bits per heavy atom. The fraction of sp³-hybridized carbons (Fsp3) is 0.867. The van der Waals surface area contributed by atoms with Crippen molar-refractivity contribution in [1.29, 1.82) is 0 Å². The van der Waals surface area contributed by atoms with Gasteiger partial charge >= 0.3 is 0 Å². The Labute approximate surface area is 105 Å². The van der Waals surface area contributed by atoms with Crippen molar-refractivity contribution in [3.63, 3.8) is 0 Å². The van der Waals surface area contributed by atoms with Crippen LogP contribution in [0.5, 0.6) is 0 Å². The molecule has 98 valence electrons. The van der Waals surface area contributed by atoms with Gasteiger partial charge < -0.3 is 10.2 Å². The van der Waals surface area contributed by atoms with Crippen LogP contribution in [0, 0.1) is 28.6 Å². The summed E-state index contributed by atoms with van der Waals surface area (Å²) in [6.07, 6.45) is 1.28. The molecule has 2 heteroatoms. The molecular formula is C15H26O2. The van der Waals surface area contributed by atoms with Gasteiger partial charge in [0.15, 0.2) is 0 Å².